The van der Waals surface area contributed by atoms with Crippen molar-refractivity contribution in [3.63, 3.8) is 0 Å². The molecule has 3 aromatic carbocycles. The Bertz CT molecular complexity index is 1590. The number of amides is 1. The quantitative estimate of drug-likeness (QED) is 0.208. The van der Waals surface area contributed by atoms with Crippen molar-refractivity contribution in [1.29, 1.82) is 0 Å². The number of benzene rings is 3. The van der Waals surface area contributed by atoms with E-state index in [-0.39, 0.29) is 5.91 Å². The molecule has 5 aromatic rings. The molecular formula is C28H27N5O3S. The second-order valence-electron chi connectivity index (χ2n) is 8.53. The number of nitrogens with zero attached hydrogens (tertiary/aromatic N) is 4. The normalized spacial score (nSPS) is 12.0. The highest BCUT2D eigenvalue weighted by Gasteiger charge is 2.24. The molecule has 0 saturated heterocycles. The maximum atomic E-state index is 13.2. The van der Waals surface area contributed by atoms with Crippen LogP contribution in [0.15, 0.2) is 71.9 Å². The first-order valence-corrected chi connectivity index (χ1v) is 12.8. The summed E-state index contributed by atoms with van der Waals surface area (Å²) in [6.45, 7) is 3.98. The Labute approximate surface area is 219 Å². The van der Waals surface area contributed by atoms with Crippen molar-refractivity contribution in [3.05, 3.63) is 72.3 Å². The highest BCUT2D eigenvalue weighted by atomic mass is 32.2. The lowest BCUT2D eigenvalue weighted by Crippen LogP contribution is -2.25. The fourth-order valence-corrected chi connectivity index (χ4v) is 5.06. The van der Waals surface area contributed by atoms with E-state index in [1.807, 2.05) is 80.6 Å². The van der Waals surface area contributed by atoms with Crippen LogP contribution in [0.5, 0.6) is 11.5 Å². The van der Waals surface area contributed by atoms with E-state index in [1.54, 1.807) is 18.7 Å². The monoisotopic (exact) mass is 513 g/mol. The predicted molar refractivity (Wildman–Crippen MR) is 147 cm³/mol. The molecule has 0 fully saturated rings. The summed E-state index contributed by atoms with van der Waals surface area (Å²) in [7, 11) is 3.18. The minimum Gasteiger partial charge on any atom is -0.493 e. The van der Waals surface area contributed by atoms with E-state index in [0.29, 0.717) is 40.1 Å². The number of anilines is 1. The highest BCUT2D eigenvalue weighted by Crippen LogP contribution is 2.36. The van der Waals surface area contributed by atoms with E-state index in [0.717, 1.165) is 22.2 Å². The van der Waals surface area contributed by atoms with Crippen LogP contribution in [0.2, 0.25) is 0 Å². The molecule has 8 nitrogen and oxygen atoms in total. The number of ether oxygens (including phenoxy) is 2. The van der Waals surface area contributed by atoms with Crippen molar-refractivity contribution in [2.45, 2.75) is 30.7 Å². The van der Waals surface area contributed by atoms with Crippen molar-refractivity contribution < 1.29 is 14.3 Å². The van der Waals surface area contributed by atoms with Gasteiger partial charge in [-0.05, 0) is 37.1 Å². The van der Waals surface area contributed by atoms with Crippen LogP contribution in [-0.4, -0.2) is 45.0 Å². The Hall–Kier alpha value is -4.11. The summed E-state index contributed by atoms with van der Waals surface area (Å²) < 4.78 is 12.7. The van der Waals surface area contributed by atoms with E-state index in [2.05, 4.69) is 5.32 Å². The van der Waals surface area contributed by atoms with Crippen molar-refractivity contribution >= 4 is 39.9 Å². The maximum absolute atomic E-state index is 13.2. The molecule has 0 aliphatic heterocycles. The number of rotatable bonds is 8. The minimum absolute atomic E-state index is 0.0937. The van der Waals surface area contributed by atoms with Crippen LogP contribution in [0.4, 0.5) is 5.69 Å². The van der Waals surface area contributed by atoms with Gasteiger partial charge >= 0.3 is 0 Å². The van der Waals surface area contributed by atoms with Gasteiger partial charge in [0.15, 0.2) is 28.1 Å². The number of nitrogens with one attached hydrogen (secondary N) is 1. The molecule has 188 valence electrons. The van der Waals surface area contributed by atoms with Gasteiger partial charge < -0.3 is 14.8 Å². The lowest BCUT2D eigenvalue weighted by atomic mass is 10.2. The first-order chi connectivity index (χ1) is 18.0. The Kier molecular flexibility index (Phi) is 6.96. The average molecular weight is 514 g/mol. The number of carbonyl (C=O) groups is 1. The fourth-order valence-electron chi connectivity index (χ4n) is 4.09. The van der Waals surface area contributed by atoms with Gasteiger partial charge in [0.1, 0.15) is 0 Å². The first-order valence-electron chi connectivity index (χ1n) is 11.9. The summed E-state index contributed by atoms with van der Waals surface area (Å²) in [4.78, 5) is 23.0. The van der Waals surface area contributed by atoms with Crippen molar-refractivity contribution in [1.82, 2.24) is 19.6 Å². The molecule has 1 amide bonds. The highest BCUT2D eigenvalue weighted by molar-refractivity contribution is 8.00. The molecule has 2 aromatic heterocycles. The molecule has 0 saturated carbocycles. The molecule has 0 bridgehead atoms. The molecular weight excluding hydrogens is 486 g/mol. The topological polar surface area (TPSA) is 90.6 Å². The van der Waals surface area contributed by atoms with Crippen LogP contribution in [0.25, 0.3) is 27.9 Å². The number of thioether (sulfide) groups is 1. The molecule has 0 aliphatic carbocycles. The van der Waals surface area contributed by atoms with Gasteiger partial charge in [-0.25, -0.2) is 9.97 Å². The van der Waals surface area contributed by atoms with E-state index < -0.39 is 5.25 Å². The van der Waals surface area contributed by atoms with Gasteiger partial charge in [-0.2, -0.15) is 4.52 Å². The SMILES string of the molecule is CC[C@@H](Sc1nc2cc(OC)c(OC)cc2c2nc(-c3ccccc3)nn12)C(=O)Nc1cccc(C)c1. The number of fused-ring (bicyclic) bond motifs is 3. The van der Waals surface area contributed by atoms with Crippen LogP contribution in [-0.2, 0) is 4.79 Å². The predicted octanol–water partition coefficient (Wildman–Crippen LogP) is 5.78. The molecule has 0 radical (unpaired) electrons. The van der Waals surface area contributed by atoms with Crippen LogP contribution < -0.4 is 14.8 Å². The molecule has 1 atom stereocenters. The van der Waals surface area contributed by atoms with Gasteiger partial charge in [-0.3, -0.25) is 4.79 Å². The second kappa shape index (κ2) is 10.5. The number of carbonyl (C=O) groups excluding carboxylic acids is 1. The van der Waals surface area contributed by atoms with Gasteiger partial charge in [-0.15, -0.1) is 5.10 Å². The van der Waals surface area contributed by atoms with Gasteiger partial charge in [0.2, 0.25) is 5.91 Å². The van der Waals surface area contributed by atoms with Crippen molar-refractivity contribution in [3.8, 4) is 22.9 Å². The summed E-state index contributed by atoms with van der Waals surface area (Å²) in [5, 5.41) is 8.77. The third-order valence-corrected chi connectivity index (χ3v) is 7.28. The van der Waals surface area contributed by atoms with E-state index in [9.17, 15) is 4.79 Å². The number of hydrogen-bond donors (Lipinski definition) is 1. The molecule has 2 heterocycles. The molecule has 9 heteroatoms. The molecule has 0 aliphatic rings. The van der Waals surface area contributed by atoms with E-state index in [4.69, 9.17) is 24.5 Å². The number of aryl methyl sites for hydroxylation is 1. The number of methoxy groups -OCH3 is 2. The lowest BCUT2D eigenvalue weighted by molar-refractivity contribution is -0.115. The summed E-state index contributed by atoms with van der Waals surface area (Å²) in [6.07, 6.45) is 0.607. The Morgan fingerprint density at radius 3 is 2.46 bits per heavy atom. The van der Waals surface area contributed by atoms with E-state index >= 15 is 0 Å². The summed E-state index contributed by atoms with van der Waals surface area (Å²) in [5.74, 6) is 1.62. The lowest BCUT2D eigenvalue weighted by Gasteiger charge is -2.16. The Morgan fingerprint density at radius 2 is 1.76 bits per heavy atom. The molecule has 0 unspecified atom stereocenters. The molecule has 5 rings (SSSR count). The second-order valence-corrected chi connectivity index (χ2v) is 9.70. The fraction of sp³-hybridized carbons (Fsp3) is 0.214. The first kappa shape index (κ1) is 24.6. The zero-order valence-electron chi connectivity index (χ0n) is 21.1. The maximum Gasteiger partial charge on any atom is 0.237 e. The smallest absolute Gasteiger partial charge is 0.237 e. The largest absolute Gasteiger partial charge is 0.493 e. The van der Waals surface area contributed by atoms with Gasteiger partial charge in [-0.1, -0.05) is 61.2 Å². The summed E-state index contributed by atoms with van der Waals surface area (Å²) >= 11 is 1.36. The molecule has 0 spiro atoms. The minimum atomic E-state index is -0.391. The third kappa shape index (κ3) is 4.95. The van der Waals surface area contributed by atoms with Crippen LogP contribution in [0.3, 0.4) is 0 Å². The van der Waals surface area contributed by atoms with Gasteiger partial charge in [0.25, 0.3) is 0 Å². The van der Waals surface area contributed by atoms with Crippen molar-refractivity contribution in [2.75, 3.05) is 19.5 Å². The zero-order valence-corrected chi connectivity index (χ0v) is 21.9. The summed E-state index contributed by atoms with van der Waals surface area (Å²) in [6, 6.07) is 21.2. The molecule has 37 heavy (non-hydrogen) atoms. The number of aromatic nitrogens is 4. The zero-order chi connectivity index (χ0) is 25.9. The van der Waals surface area contributed by atoms with Gasteiger partial charge in [0, 0.05) is 22.7 Å². The Balaban J connectivity index is 1.61. The standard InChI is InChI=1S/C28H27N5O3S/c1-5-24(27(34)29-19-13-9-10-17(2)14-19)37-28-30-21-16-23(36-4)22(35-3)15-20(21)26-31-25(32-33(26)28)18-11-7-6-8-12-18/h6-16,24H,5H2,1-4H3,(H,29,34)/t24-/m1/s1. The van der Waals surface area contributed by atoms with Crippen molar-refractivity contribution in [2.24, 2.45) is 0 Å². The van der Waals surface area contributed by atoms with Crippen LogP contribution in [0, 0.1) is 6.92 Å². The van der Waals surface area contributed by atoms with Gasteiger partial charge in [0.05, 0.1) is 25.0 Å². The molecule has 1 N–H and O–H groups in total. The average Bonchev–Trinajstić information content (AvgIpc) is 3.37. The van der Waals surface area contributed by atoms with Crippen LogP contribution in [0.1, 0.15) is 18.9 Å². The Morgan fingerprint density at radius 1 is 1.00 bits per heavy atom. The van der Waals surface area contributed by atoms with E-state index in [1.165, 1.54) is 11.8 Å². The number of hydrogen-bond acceptors (Lipinski definition) is 7. The third-order valence-electron chi connectivity index (χ3n) is 5.98. The summed E-state index contributed by atoms with van der Waals surface area (Å²) in [5.41, 5.74) is 4.04. The van der Waals surface area contributed by atoms with Crippen LogP contribution >= 0.6 is 11.8 Å².